The number of hydrogen-bond donors (Lipinski definition) is 0. The number of aromatic nitrogens is 3. The topological polar surface area (TPSA) is 60.4 Å². The first kappa shape index (κ1) is 14.2. The van der Waals surface area contributed by atoms with E-state index < -0.39 is 0 Å². The summed E-state index contributed by atoms with van der Waals surface area (Å²) in [5, 5.41) is 5.26. The van der Waals surface area contributed by atoms with Crippen LogP contribution >= 0.6 is 22.7 Å². The molecule has 0 atom stereocenters. The predicted octanol–water partition coefficient (Wildman–Crippen LogP) is 4.93. The third kappa shape index (κ3) is 1.76. The van der Waals surface area contributed by atoms with Crippen LogP contribution in [-0.4, -0.2) is 14.4 Å². The zero-order valence-electron chi connectivity index (χ0n) is 13.2. The van der Waals surface area contributed by atoms with Gasteiger partial charge in [0.25, 0.3) is 5.56 Å². The van der Waals surface area contributed by atoms with Gasteiger partial charge in [0.2, 0.25) is 0 Å². The molecule has 6 rings (SSSR count). The SMILES string of the molecule is O=c1c2c(-c3cccs3)nc3c4ccccc4oc3c2nc2sccn12. The molecule has 0 saturated carbocycles. The van der Waals surface area contributed by atoms with Crippen molar-refractivity contribution >= 4 is 60.6 Å². The van der Waals surface area contributed by atoms with Crippen LogP contribution in [0.4, 0.5) is 0 Å². The normalized spacial score (nSPS) is 12.0. The molecule has 7 heteroatoms. The van der Waals surface area contributed by atoms with Crippen molar-refractivity contribution in [2.45, 2.75) is 0 Å². The Hall–Kier alpha value is -3.03. The zero-order valence-corrected chi connectivity index (χ0v) is 14.8. The lowest BCUT2D eigenvalue weighted by Crippen LogP contribution is -2.14. The molecule has 5 aromatic heterocycles. The summed E-state index contributed by atoms with van der Waals surface area (Å²) < 4.78 is 7.62. The number of rotatable bonds is 1. The summed E-state index contributed by atoms with van der Waals surface area (Å²) in [6.07, 6.45) is 1.75. The third-order valence-corrected chi connectivity index (χ3v) is 6.10. The first-order chi connectivity index (χ1) is 12.8. The van der Waals surface area contributed by atoms with Crippen molar-refractivity contribution < 1.29 is 4.42 Å². The van der Waals surface area contributed by atoms with Gasteiger partial charge in [0.05, 0.1) is 16.0 Å². The maximum atomic E-state index is 13.2. The summed E-state index contributed by atoms with van der Waals surface area (Å²) in [7, 11) is 0. The molecule has 0 aliphatic rings. The number of para-hydroxylation sites is 1. The van der Waals surface area contributed by atoms with Crippen LogP contribution in [0.15, 0.2) is 62.6 Å². The number of thiazole rings is 1. The maximum Gasteiger partial charge on any atom is 0.268 e. The monoisotopic (exact) mass is 375 g/mol. The molecular formula is C19H9N3O2S2. The number of hydrogen-bond acceptors (Lipinski definition) is 6. The second-order valence-corrected chi connectivity index (χ2v) is 7.73. The van der Waals surface area contributed by atoms with Crippen molar-refractivity contribution in [1.82, 2.24) is 14.4 Å². The summed E-state index contributed by atoms with van der Waals surface area (Å²) in [6, 6.07) is 11.7. The fraction of sp³-hybridized carbons (Fsp3) is 0. The van der Waals surface area contributed by atoms with Crippen molar-refractivity contribution in [3.8, 4) is 10.6 Å². The third-order valence-electron chi connectivity index (χ3n) is 4.47. The van der Waals surface area contributed by atoms with E-state index in [1.807, 2.05) is 47.2 Å². The molecule has 6 aromatic rings. The lowest BCUT2D eigenvalue weighted by Gasteiger charge is -2.05. The summed E-state index contributed by atoms with van der Waals surface area (Å²) >= 11 is 2.98. The van der Waals surface area contributed by atoms with Crippen molar-refractivity contribution in [3.05, 3.63) is 63.7 Å². The summed E-state index contributed by atoms with van der Waals surface area (Å²) in [5.41, 5.74) is 3.16. The van der Waals surface area contributed by atoms with Gasteiger partial charge in [-0.1, -0.05) is 18.2 Å². The van der Waals surface area contributed by atoms with E-state index in [0.717, 1.165) is 21.4 Å². The quantitative estimate of drug-likeness (QED) is 0.409. The Kier molecular flexibility index (Phi) is 2.72. The van der Waals surface area contributed by atoms with Gasteiger partial charge in [-0.15, -0.1) is 22.7 Å². The van der Waals surface area contributed by atoms with E-state index in [0.29, 0.717) is 27.1 Å². The van der Waals surface area contributed by atoms with E-state index in [9.17, 15) is 4.79 Å². The smallest absolute Gasteiger partial charge is 0.268 e. The molecule has 0 unspecified atom stereocenters. The van der Waals surface area contributed by atoms with Gasteiger partial charge in [0, 0.05) is 17.0 Å². The van der Waals surface area contributed by atoms with Crippen LogP contribution in [0.1, 0.15) is 0 Å². The summed E-state index contributed by atoms with van der Waals surface area (Å²) in [5.74, 6) is 0. The van der Waals surface area contributed by atoms with Crippen LogP contribution in [0.3, 0.4) is 0 Å². The van der Waals surface area contributed by atoms with Crippen molar-refractivity contribution in [2.75, 3.05) is 0 Å². The average molecular weight is 375 g/mol. The maximum absolute atomic E-state index is 13.2. The van der Waals surface area contributed by atoms with E-state index in [4.69, 9.17) is 14.4 Å². The van der Waals surface area contributed by atoms with E-state index in [1.165, 1.54) is 11.3 Å². The highest BCUT2D eigenvalue weighted by Crippen LogP contribution is 2.36. The zero-order chi connectivity index (χ0) is 17.3. The highest BCUT2D eigenvalue weighted by molar-refractivity contribution is 7.15. The van der Waals surface area contributed by atoms with Gasteiger partial charge in [-0.2, -0.15) is 0 Å². The van der Waals surface area contributed by atoms with E-state index in [-0.39, 0.29) is 5.56 Å². The van der Waals surface area contributed by atoms with Crippen molar-refractivity contribution in [3.63, 3.8) is 0 Å². The van der Waals surface area contributed by atoms with E-state index in [2.05, 4.69) is 0 Å². The van der Waals surface area contributed by atoms with Gasteiger partial charge >= 0.3 is 0 Å². The number of thiophene rings is 1. The predicted molar refractivity (Wildman–Crippen MR) is 105 cm³/mol. The summed E-state index contributed by atoms with van der Waals surface area (Å²) in [4.78, 5) is 24.4. The standard InChI is InChI=1S/C19H9N3O2S2/c23-18-13-15(12-6-3-8-25-12)20-14-10-4-1-2-5-11(10)24-17(14)16(13)21-19-22(18)7-9-26-19/h1-9H. The van der Waals surface area contributed by atoms with Crippen molar-refractivity contribution in [1.29, 1.82) is 0 Å². The fourth-order valence-electron chi connectivity index (χ4n) is 3.32. The molecular weight excluding hydrogens is 366 g/mol. The lowest BCUT2D eigenvalue weighted by molar-refractivity contribution is 0.671. The molecule has 26 heavy (non-hydrogen) atoms. The van der Waals surface area contributed by atoms with Crippen LogP contribution in [0.25, 0.3) is 48.5 Å². The Balaban J connectivity index is 1.96. The molecule has 0 spiro atoms. The van der Waals surface area contributed by atoms with Gasteiger partial charge in [-0.3, -0.25) is 9.20 Å². The van der Waals surface area contributed by atoms with Crippen LogP contribution in [-0.2, 0) is 0 Å². The second-order valence-electron chi connectivity index (χ2n) is 5.91. The Morgan fingerprint density at radius 1 is 0.962 bits per heavy atom. The molecule has 0 radical (unpaired) electrons. The molecule has 124 valence electrons. The molecule has 5 nitrogen and oxygen atoms in total. The number of furan rings is 1. The molecule has 5 heterocycles. The van der Waals surface area contributed by atoms with Crippen LogP contribution in [0, 0.1) is 0 Å². The van der Waals surface area contributed by atoms with Gasteiger partial charge in [-0.05, 0) is 23.6 Å². The fourth-order valence-corrected chi connectivity index (χ4v) is 4.75. The molecule has 0 aliphatic heterocycles. The minimum Gasteiger partial charge on any atom is -0.452 e. The van der Waals surface area contributed by atoms with Crippen LogP contribution in [0.2, 0.25) is 0 Å². The highest BCUT2D eigenvalue weighted by atomic mass is 32.1. The first-order valence-electron chi connectivity index (χ1n) is 7.96. The van der Waals surface area contributed by atoms with Gasteiger partial charge < -0.3 is 4.42 Å². The number of benzene rings is 1. The molecule has 0 saturated heterocycles. The number of fused-ring (bicyclic) bond motifs is 6. The van der Waals surface area contributed by atoms with Crippen molar-refractivity contribution in [2.24, 2.45) is 0 Å². The Bertz CT molecular complexity index is 1510. The number of pyridine rings is 1. The summed E-state index contributed by atoms with van der Waals surface area (Å²) in [6.45, 7) is 0. The Morgan fingerprint density at radius 3 is 2.77 bits per heavy atom. The first-order valence-corrected chi connectivity index (χ1v) is 9.72. The van der Waals surface area contributed by atoms with Crippen LogP contribution in [0.5, 0.6) is 0 Å². The largest absolute Gasteiger partial charge is 0.452 e. The Labute approximate surface area is 153 Å². The highest BCUT2D eigenvalue weighted by Gasteiger charge is 2.21. The second kappa shape index (κ2) is 5.00. The molecule has 0 N–H and O–H groups in total. The van der Waals surface area contributed by atoms with E-state index in [1.54, 1.807) is 21.9 Å². The van der Waals surface area contributed by atoms with E-state index >= 15 is 0 Å². The number of nitrogens with zero attached hydrogens (tertiary/aromatic N) is 3. The van der Waals surface area contributed by atoms with Gasteiger partial charge in [-0.25, -0.2) is 9.97 Å². The van der Waals surface area contributed by atoms with Gasteiger partial charge in [0.1, 0.15) is 16.6 Å². The minimum absolute atomic E-state index is 0.121. The molecule has 0 amide bonds. The lowest BCUT2D eigenvalue weighted by atomic mass is 10.1. The molecule has 0 fully saturated rings. The Morgan fingerprint density at radius 2 is 1.88 bits per heavy atom. The average Bonchev–Trinajstić information content (AvgIpc) is 3.40. The minimum atomic E-state index is -0.121. The molecule has 0 aliphatic carbocycles. The molecule has 1 aromatic carbocycles. The van der Waals surface area contributed by atoms with Crippen LogP contribution < -0.4 is 5.56 Å². The molecule has 0 bridgehead atoms. The van der Waals surface area contributed by atoms with Gasteiger partial charge in [0.15, 0.2) is 10.5 Å².